The Morgan fingerprint density at radius 3 is 2.27 bits per heavy atom. The van der Waals surface area contributed by atoms with Gasteiger partial charge in [0.1, 0.15) is 5.82 Å². The lowest BCUT2D eigenvalue weighted by atomic mass is 10.1. The van der Waals surface area contributed by atoms with Crippen LogP contribution < -0.4 is 16.6 Å². The maximum absolute atomic E-state index is 13.7. The Morgan fingerprint density at radius 2 is 1.65 bits per heavy atom. The maximum Gasteiger partial charge on any atom is 0.416 e. The van der Waals surface area contributed by atoms with Crippen molar-refractivity contribution in [3.05, 3.63) is 128 Å². The van der Waals surface area contributed by atoms with E-state index in [9.17, 15) is 31.9 Å². The van der Waals surface area contributed by atoms with Crippen LogP contribution in [0.2, 0.25) is 0 Å². The second kappa shape index (κ2) is 10.2. The third-order valence-corrected chi connectivity index (χ3v) is 5.59. The van der Waals surface area contributed by atoms with E-state index in [0.29, 0.717) is 9.25 Å². The van der Waals surface area contributed by atoms with Gasteiger partial charge in [0.2, 0.25) is 5.69 Å². The molecule has 4 aromatic rings. The lowest BCUT2D eigenvalue weighted by Crippen LogP contribution is -2.46. The molecule has 0 aliphatic heterocycles. The van der Waals surface area contributed by atoms with E-state index in [0.717, 1.165) is 35.9 Å². The van der Waals surface area contributed by atoms with Crippen molar-refractivity contribution in [3.63, 3.8) is 0 Å². The van der Waals surface area contributed by atoms with E-state index in [1.165, 1.54) is 18.2 Å². The summed E-state index contributed by atoms with van der Waals surface area (Å²) in [4.78, 5) is 39.5. The molecule has 0 aliphatic rings. The molecule has 190 valence electrons. The van der Waals surface area contributed by atoms with Crippen molar-refractivity contribution in [1.29, 1.82) is 0 Å². The van der Waals surface area contributed by atoms with Crippen LogP contribution in [-0.2, 0) is 12.7 Å². The molecule has 0 spiro atoms. The fourth-order valence-electron chi connectivity index (χ4n) is 3.66. The molecular weight excluding hydrogens is 492 g/mol. The van der Waals surface area contributed by atoms with Crippen molar-refractivity contribution in [1.82, 2.24) is 19.7 Å². The minimum atomic E-state index is -4.61. The number of halogens is 4. The molecule has 0 unspecified atom stereocenters. The zero-order chi connectivity index (χ0) is 26.7. The number of amides is 1. The van der Waals surface area contributed by atoms with Gasteiger partial charge in [-0.15, -0.1) is 0 Å². The lowest BCUT2D eigenvalue weighted by molar-refractivity contribution is -0.137. The van der Waals surface area contributed by atoms with E-state index in [2.05, 4.69) is 10.4 Å². The normalized spacial score (nSPS) is 12.2. The highest BCUT2D eigenvalue weighted by Crippen LogP contribution is 2.29. The highest BCUT2D eigenvalue weighted by atomic mass is 19.4. The van der Waals surface area contributed by atoms with E-state index >= 15 is 0 Å². The first-order chi connectivity index (χ1) is 17.5. The number of carbonyl (C=O) groups is 1. The van der Waals surface area contributed by atoms with Crippen LogP contribution in [0.25, 0.3) is 5.69 Å². The largest absolute Gasteiger partial charge is 0.416 e. The number of hydrogen-bond acceptors (Lipinski definition) is 4. The van der Waals surface area contributed by atoms with Gasteiger partial charge in [-0.3, -0.25) is 14.2 Å². The maximum atomic E-state index is 13.7. The van der Waals surface area contributed by atoms with Crippen molar-refractivity contribution in [2.75, 3.05) is 0 Å². The SMILES string of the molecule is C[C@@H](NC(=O)c1nn(-c2ccc(C(F)(F)F)cc2)c(=O)n(Cc2cccc(F)c2)c1=O)c1ccccc1. The van der Waals surface area contributed by atoms with Crippen LogP contribution in [-0.4, -0.2) is 20.3 Å². The van der Waals surface area contributed by atoms with Gasteiger partial charge in [-0.25, -0.2) is 9.18 Å². The molecule has 0 bridgehead atoms. The standard InChI is InChI=1S/C26H20F4N4O3/c1-16(18-7-3-2-4-8-18)31-23(35)22-24(36)33(15-17-6-5-9-20(27)14-17)25(37)34(32-22)21-12-10-19(11-13-21)26(28,29)30/h2-14,16H,15H2,1H3,(H,31,35)/t16-/m1/s1. The summed E-state index contributed by atoms with van der Waals surface area (Å²) in [5.74, 6) is -1.49. The molecular formula is C26H20F4N4O3. The summed E-state index contributed by atoms with van der Waals surface area (Å²) in [5.41, 5.74) is -2.75. The average molecular weight is 512 g/mol. The van der Waals surface area contributed by atoms with Crippen LogP contribution in [0.4, 0.5) is 17.6 Å². The van der Waals surface area contributed by atoms with Gasteiger partial charge >= 0.3 is 11.9 Å². The zero-order valence-corrected chi connectivity index (χ0v) is 19.4. The Morgan fingerprint density at radius 1 is 0.973 bits per heavy atom. The molecule has 4 rings (SSSR count). The van der Waals surface area contributed by atoms with Gasteiger partial charge in [0.05, 0.1) is 23.8 Å². The summed E-state index contributed by atoms with van der Waals surface area (Å²) in [6.07, 6.45) is -4.61. The number of nitrogens with zero attached hydrogens (tertiary/aromatic N) is 3. The summed E-state index contributed by atoms with van der Waals surface area (Å²) < 4.78 is 54.1. The van der Waals surface area contributed by atoms with Gasteiger partial charge in [-0.1, -0.05) is 42.5 Å². The van der Waals surface area contributed by atoms with Crippen LogP contribution in [0.3, 0.4) is 0 Å². The Labute approximate surface area is 207 Å². The highest BCUT2D eigenvalue weighted by Gasteiger charge is 2.30. The van der Waals surface area contributed by atoms with E-state index in [-0.39, 0.29) is 11.3 Å². The van der Waals surface area contributed by atoms with Gasteiger partial charge in [-0.05, 0) is 54.4 Å². The second-order valence-electron chi connectivity index (χ2n) is 8.21. The third kappa shape index (κ3) is 5.66. The Balaban J connectivity index is 1.81. The molecule has 0 fully saturated rings. The van der Waals surface area contributed by atoms with E-state index in [4.69, 9.17) is 0 Å². The number of carbonyl (C=O) groups excluding carboxylic acids is 1. The van der Waals surface area contributed by atoms with Crippen LogP contribution in [0.1, 0.15) is 40.1 Å². The molecule has 1 N–H and O–H groups in total. The number of benzene rings is 3. The van der Waals surface area contributed by atoms with E-state index in [1.54, 1.807) is 37.3 Å². The number of aromatic nitrogens is 3. The first kappa shape index (κ1) is 25.5. The molecule has 1 heterocycles. The quantitative estimate of drug-likeness (QED) is 0.395. The molecule has 7 nitrogen and oxygen atoms in total. The third-order valence-electron chi connectivity index (χ3n) is 5.59. The minimum Gasteiger partial charge on any atom is -0.344 e. The van der Waals surface area contributed by atoms with Gasteiger partial charge in [0.15, 0.2) is 0 Å². The van der Waals surface area contributed by atoms with Gasteiger partial charge in [-0.2, -0.15) is 23.0 Å². The van der Waals surface area contributed by atoms with Crippen molar-refractivity contribution in [2.24, 2.45) is 0 Å². The summed E-state index contributed by atoms with van der Waals surface area (Å²) in [5, 5.41) is 6.55. The number of rotatable bonds is 6. The average Bonchev–Trinajstić information content (AvgIpc) is 2.87. The summed E-state index contributed by atoms with van der Waals surface area (Å²) in [6, 6.07) is 17.0. The fraction of sp³-hybridized carbons (Fsp3) is 0.154. The molecule has 1 amide bonds. The second-order valence-corrected chi connectivity index (χ2v) is 8.21. The predicted octanol–water partition coefficient (Wildman–Crippen LogP) is 4.09. The molecule has 0 saturated heterocycles. The highest BCUT2D eigenvalue weighted by molar-refractivity contribution is 5.92. The van der Waals surface area contributed by atoms with Crippen molar-refractivity contribution in [2.45, 2.75) is 25.7 Å². The zero-order valence-electron chi connectivity index (χ0n) is 19.4. The van der Waals surface area contributed by atoms with Crippen LogP contribution in [0, 0.1) is 5.82 Å². The molecule has 0 aliphatic carbocycles. The van der Waals surface area contributed by atoms with Crippen molar-refractivity contribution >= 4 is 5.91 Å². The minimum absolute atomic E-state index is 0.101. The molecule has 0 saturated carbocycles. The van der Waals surface area contributed by atoms with Crippen LogP contribution in [0.15, 0.2) is 88.5 Å². The predicted molar refractivity (Wildman–Crippen MR) is 127 cm³/mol. The molecule has 11 heteroatoms. The van der Waals surface area contributed by atoms with E-state index < -0.39 is 53.0 Å². The molecule has 1 aromatic heterocycles. The number of hydrogen-bond donors (Lipinski definition) is 1. The van der Waals surface area contributed by atoms with E-state index in [1.807, 2.05) is 0 Å². The number of alkyl halides is 3. The summed E-state index contributed by atoms with van der Waals surface area (Å²) in [7, 11) is 0. The summed E-state index contributed by atoms with van der Waals surface area (Å²) >= 11 is 0. The van der Waals surface area contributed by atoms with Gasteiger partial charge in [0.25, 0.3) is 11.5 Å². The fourth-order valence-corrected chi connectivity index (χ4v) is 3.66. The Hall–Kier alpha value is -4.54. The lowest BCUT2D eigenvalue weighted by Gasteiger charge is -2.16. The van der Waals surface area contributed by atoms with Gasteiger partial charge in [0, 0.05) is 0 Å². The monoisotopic (exact) mass is 512 g/mol. The Bertz CT molecular complexity index is 1550. The number of nitrogens with one attached hydrogen (secondary N) is 1. The smallest absolute Gasteiger partial charge is 0.344 e. The van der Waals surface area contributed by atoms with Crippen molar-refractivity contribution in [3.8, 4) is 5.69 Å². The first-order valence-corrected chi connectivity index (χ1v) is 11.1. The van der Waals surface area contributed by atoms with Crippen molar-refractivity contribution < 1.29 is 22.4 Å². The van der Waals surface area contributed by atoms with Crippen LogP contribution in [0.5, 0.6) is 0 Å². The summed E-state index contributed by atoms with van der Waals surface area (Å²) in [6.45, 7) is 1.29. The topological polar surface area (TPSA) is 86.0 Å². The van der Waals surface area contributed by atoms with Gasteiger partial charge < -0.3 is 5.32 Å². The molecule has 0 radical (unpaired) electrons. The first-order valence-electron chi connectivity index (χ1n) is 11.1. The Kier molecular flexibility index (Phi) is 7.05. The molecule has 3 aromatic carbocycles. The molecule has 1 atom stereocenters. The van der Waals surface area contributed by atoms with Crippen LogP contribution >= 0.6 is 0 Å². The molecule has 37 heavy (non-hydrogen) atoms.